The summed E-state index contributed by atoms with van der Waals surface area (Å²) in [5.41, 5.74) is 3.18. The van der Waals surface area contributed by atoms with Gasteiger partial charge in [-0.15, -0.1) is 0 Å². The summed E-state index contributed by atoms with van der Waals surface area (Å²) in [5.74, 6) is -0.180. The van der Waals surface area contributed by atoms with Gasteiger partial charge in [-0.1, -0.05) is 18.2 Å². The molecule has 2 aromatic rings. The van der Waals surface area contributed by atoms with Gasteiger partial charge in [0.2, 0.25) is 0 Å². The molecule has 7 heteroatoms. The summed E-state index contributed by atoms with van der Waals surface area (Å²) in [7, 11) is -3.87. The Morgan fingerprint density at radius 1 is 1.07 bits per heavy atom. The van der Waals surface area contributed by atoms with Crippen molar-refractivity contribution in [3.63, 3.8) is 0 Å². The van der Waals surface area contributed by atoms with Crippen molar-refractivity contribution < 1.29 is 13.2 Å². The van der Waals surface area contributed by atoms with E-state index in [2.05, 4.69) is 4.98 Å². The number of hydrogen-bond acceptors (Lipinski definition) is 3. The number of carbonyl (C=O) groups excluding carboxylic acids is 1. The van der Waals surface area contributed by atoms with E-state index in [0.717, 1.165) is 24.8 Å². The van der Waals surface area contributed by atoms with Gasteiger partial charge in [-0.2, -0.15) is 0 Å². The van der Waals surface area contributed by atoms with E-state index in [0.29, 0.717) is 42.1 Å². The topological polar surface area (TPSA) is 73.5 Å². The molecule has 0 spiro atoms. The van der Waals surface area contributed by atoms with Crippen LogP contribution >= 0.6 is 0 Å². The van der Waals surface area contributed by atoms with Crippen molar-refractivity contribution in [3.8, 4) is 0 Å². The summed E-state index contributed by atoms with van der Waals surface area (Å²) in [4.78, 5) is 18.3. The summed E-state index contributed by atoms with van der Waals surface area (Å²) < 4.78 is 29.1. The average Bonchev–Trinajstić information content (AvgIpc) is 3.17. The Labute approximate surface area is 166 Å². The number of nitrogens with one attached hydrogen (secondary N) is 1. The highest BCUT2D eigenvalue weighted by Crippen LogP contribution is 2.39. The third-order valence-electron chi connectivity index (χ3n) is 5.84. The van der Waals surface area contributed by atoms with Crippen LogP contribution in [0.2, 0.25) is 0 Å². The van der Waals surface area contributed by atoms with Gasteiger partial charge in [0.1, 0.15) is 4.90 Å². The molecule has 150 valence electrons. The number of sulfonamides is 1. The van der Waals surface area contributed by atoms with Gasteiger partial charge in [0.15, 0.2) is 0 Å². The molecule has 0 aliphatic carbocycles. The van der Waals surface area contributed by atoms with Crippen molar-refractivity contribution in [3.05, 3.63) is 46.8 Å². The molecule has 0 unspecified atom stereocenters. The van der Waals surface area contributed by atoms with Crippen LogP contribution in [0.3, 0.4) is 0 Å². The number of piperidine rings is 1. The zero-order valence-electron chi connectivity index (χ0n) is 16.7. The van der Waals surface area contributed by atoms with E-state index in [9.17, 15) is 13.2 Å². The van der Waals surface area contributed by atoms with Crippen molar-refractivity contribution in [2.75, 3.05) is 17.4 Å². The Morgan fingerprint density at radius 3 is 2.46 bits per heavy atom. The van der Waals surface area contributed by atoms with E-state index in [1.807, 2.05) is 31.2 Å². The number of aryl methyl sites for hydroxylation is 2. The SMILES string of the molecule is Cc1[nH]c(C)c(S(=O)(=O)N2c3ccccc3C[C@H]2C)c1C(=O)N1CCCCC1. The Bertz CT molecular complexity index is 1020. The Hall–Kier alpha value is -2.28. The van der Waals surface area contributed by atoms with E-state index in [1.54, 1.807) is 18.7 Å². The zero-order chi connectivity index (χ0) is 20.1. The first-order valence-electron chi connectivity index (χ1n) is 9.93. The van der Waals surface area contributed by atoms with Crippen LogP contribution < -0.4 is 4.31 Å². The molecule has 1 aromatic carbocycles. The largest absolute Gasteiger partial charge is 0.361 e. The van der Waals surface area contributed by atoms with Crippen LogP contribution in [-0.2, 0) is 16.4 Å². The molecule has 0 saturated carbocycles. The molecule has 1 saturated heterocycles. The van der Waals surface area contributed by atoms with Crippen LogP contribution in [0, 0.1) is 13.8 Å². The lowest BCUT2D eigenvalue weighted by Gasteiger charge is -2.28. The summed E-state index contributed by atoms with van der Waals surface area (Å²) in [6, 6.07) is 7.41. The molecule has 1 aromatic heterocycles. The van der Waals surface area contributed by atoms with Crippen molar-refractivity contribution in [1.82, 2.24) is 9.88 Å². The highest BCUT2D eigenvalue weighted by Gasteiger charge is 2.40. The van der Waals surface area contributed by atoms with Crippen LogP contribution in [0.5, 0.6) is 0 Å². The fourth-order valence-corrected chi connectivity index (χ4v) is 6.71. The number of benzene rings is 1. The van der Waals surface area contributed by atoms with Gasteiger partial charge < -0.3 is 9.88 Å². The molecular formula is C21H27N3O3S. The fourth-order valence-electron chi connectivity index (χ4n) is 4.60. The second-order valence-electron chi connectivity index (χ2n) is 7.91. The van der Waals surface area contributed by atoms with E-state index in [1.165, 1.54) is 4.31 Å². The maximum absolute atomic E-state index is 13.8. The first-order chi connectivity index (χ1) is 13.3. The summed E-state index contributed by atoms with van der Waals surface area (Å²) in [6.45, 7) is 6.80. The maximum atomic E-state index is 13.8. The molecule has 1 atom stereocenters. The average molecular weight is 402 g/mol. The predicted octanol–water partition coefficient (Wildman–Crippen LogP) is 3.40. The van der Waals surface area contributed by atoms with Crippen molar-refractivity contribution >= 4 is 21.6 Å². The molecule has 3 heterocycles. The number of amides is 1. The summed E-state index contributed by atoms with van der Waals surface area (Å²) in [6.07, 6.45) is 3.72. The van der Waals surface area contributed by atoms with Crippen molar-refractivity contribution in [2.24, 2.45) is 0 Å². The number of fused-ring (bicyclic) bond motifs is 1. The standard InChI is InChI=1S/C21H27N3O3S/c1-14-13-17-9-5-6-10-18(17)24(14)28(26,27)20-16(3)22-15(2)19(20)21(25)23-11-7-4-8-12-23/h5-6,9-10,14,22H,4,7-8,11-13H2,1-3H3/t14-/m1/s1. The van der Waals surface area contributed by atoms with Gasteiger partial charge in [0, 0.05) is 30.5 Å². The smallest absolute Gasteiger partial charge is 0.267 e. The van der Waals surface area contributed by atoms with Crippen LogP contribution in [0.4, 0.5) is 5.69 Å². The molecule has 2 aliphatic rings. The van der Waals surface area contributed by atoms with Crippen molar-refractivity contribution in [1.29, 1.82) is 0 Å². The van der Waals surface area contributed by atoms with Gasteiger partial charge in [0.05, 0.1) is 11.3 Å². The Kier molecular flexibility index (Phi) is 4.73. The second kappa shape index (κ2) is 6.95. The highest BCUT2D eigenvalue weighted by atomic mass is 32.2. The monoisotopic (exact) mass is 401 g/mol. The van der Waals surface area contributed by atoms with Gasteiger partial charge in [-0.25, -0.2) is 8.42 Å². The fraction of sp³-hybridized carbons (Fsp3) is 0.476. The number of rotatable bonds is 3. The lowest BCUT2D eigenvalue weighted by molar-refractivity contribution is 0.0720. The number of aromatic amines is 1. The Morgan fingerprint density at radius 2 is 1.75 bits per heavy atom. The van der Waals surface area contributed by atoms with Crippen LogP contribution in [0.1, 0.15) is 53.5 Å². The number of nitrogens with zero attached hydrogens (tertiary/aromatic N) is 2. The first kappa shape index (κ1) is 19.1. The second-order valence-corrected chi connectivity index (χ2v) is 9.67. The molecule has 0 radical (unpaired) electrons. The van der Waals surface area contributed by atoms with Crippen LogP contribution in [-0.4, -0.2) is 43.3 Å². The first-order valence-corrected chi connectivity index (χ1v) is 11.4. The lowest BCUT2D eigenvalue weighted by atomic mass is 10.1. The molecule has 0 bridgehead atoms. The Balaban J connectivity index is 1.82. The van der Waals surface area contributed by atoms with Gasteiger partial charge in [0.25, 0.3) is 15.9 Å². The number of carbonyl (C=O) groups is 1. The van der Waals surface area contributed by atoms with Crippen LogP contribution in [0.25, 0.3) is 0 Å². The minimum atomic E-state index is -3.87. The number of para-hydroxylation sites is 1. The third kappa shape index (κ3) is 2.92. The van der Waals surface area contributed by atoms with E-state index in [-0.39, 0.29) is 16.8 Å². The minimum Gasteiger partial charge on any atom is -0.361 e. The molecule has 4 rings (SSSR count). The number of aromatic nitrogens is 1. The maximum Gasteiger partial charge on any atom is 0.267 e. The number of likely N-dealkylation sites (tertiary alicyclic amines) is 1. The molecule has 6 nitrogen and oxygen atoms in total. The zero-order valence-corrected chi connectivity index (χ0v) is 17.5. The van der Waals surface area contributed by atoms with E-state index in [4.69, 9.17) is 0 Å². The lowest BCUT2D eigenvalue weighted by Crippen LogP contribution is -2.39. The molecule has 1 N–H and O–H groups in total. The molecule has 28 heavy (non-hydrogen) atoms. The van der Waals surface area contributed by atoms with Gasteiger partial charge in [-0.05, 0) is 58.1 Å². The number of anilines is 1. The summed E-state index contributed by atoms with van der Waals surface area (Å²) >= 11 is 0. The third-order valence-corrected chi connectivity index (χ3v) is 7.94. The van der Waals surface area contributed by atoms with Gasteiger partial charge >= 0.3 is 0 Å². The molecule has 1 amide bonds. The molecule has 2 aliphatic heterocycles. The number of hydrogen-bond donors (Lipinski definition) is 1. The summed E-state index contributed by atoms with van der Waals surface area (Å²) in [5, 5.41) is 0. The molecule has 1 fully saturated rings. The molecular weight excluding hydrogens is 374 g/mol. The number of H-pyrrole nitrogens is 1. The minimum absolute atomic E-state index is 0.129. The van der Waals surface area contributed by atoms with E-state index >= 15 is 0 Å². The van der Waals surface area contributed by atoms with Crippen LogP contribution in [0.15, 0.2) is 29.2 Å². The quantitative estimate of drug-likeness (QED) is 0.857. The van der Waals surface area contributed by atoms with E-state index < -0.39 is 10.0 Å². The predicted molar refractivity (Wildman–Crippen MR) is 109 cm³/mol. The van der Waals surface area contributed by atoms with Gasteiger partial charge in [-0.3, -0.25) is 9.10 Å². The highest BCUT2D eigenvalue weighted by molar-refractivity contribution is 7.93. The normalized spacial score (nSPS) is 19.8. The van der Waals surface area contributed by atoms with Crippen molar-refractivity contribution in [2.45, 2.75) is 57.4 Å².